The molecule has 1 aliphatic rings. The highest BCUT2D eigenvalue weighted by molar-refractivity contribution is 5.96. The molecule has 8 nitrogen and oxygen atoms in total. The molecule has 3 aromatic rings. The van der Waals surface area contributed by atoms with Crippen molar-refractivity contribution in [2.45, 2.75) is 37.8 Å². The summed E-state index contributed by atoms with van der Waals surface area (Å²) in [6.45, 7) is 0. The third-order valence-electron chi connectivity index (χ3n) is 5.06. The molecule has 1 aromatic carbocycles. The molecule has 1 aliphatic carbocycles. The number of nitrogens with one attached hydrogen (secondary N) is 1. The number of methoxy groups -OCH3 is 1. The topological polar surface area (TPSA) is 94.8 Å². The van der Waals surface area contributed by atoms with Gasteiger partial charge in [-0.2, -0.15) is 4.80 Å². The van der Waals surface area contributed by atoms with Crippen LogP contribution in [0.1, 0.15) is 42.1 Å². The van der Waals surface area contributed by atoms with Gasteiger partial charge in [0.15, 0.2) is 0 Å². The van der Waals surface area contributed by atoms with Crippen molar-refractivity contribution in [1.82, 2.24) is 30.5 Å². The molecule has 4 rings (SSSR count). The zero-order chi connectivity index (χ0) is 19.3. The number of ether oxygens (including phenoxy) is 1. The Labute approximate surface area is 162 Å². The van der Waals surface area contributed by atoms with E-state index in [1.54, 1.807) is 24.2 Å². The SMILES string of the molecule is COc1ccncc1C(=O)NC1CCC(n2nnc(-c3ccccc3)n2)CC1. The van der Waals surface area contributed by atoms with Gasteiger partial charge in [0.05, 0.1) is 18.7 Å². The Morgan fingerprint density at radius 2 is 1.93 bits per heavy atom. The van der Waals surface area contributed by atoms with Crippen LogP contribution in [0.3, 0.4) is 0 Å². The molecule has 1 fully saturated rings. The van der Waals surface area contributed by atoms with E-state index in [9.17, 15) is 4.79 Å². The van der Waals surface area contributed by atoms with E-state index >= 15 is 0 Å². The lowest BCUT2D eigenvalue weighted by atomic mass is 9.91. The van der Waals surface area contributed by atoms with E-state index in [0.29, 0.717) is 17.1 Å². The minimum Gasteiger partial charge on any atom is -0.496 e. The number of tetrazole rings is 1. The van der Waals surface area contributed by atoms with Crippen molar-refractivity contribution in [3.05, 3.63) is 54.4 Å². The molecule has 0 unspecified atom stereocenters. The number of pyridine rings is 1. The molecule has 1 N–H and O–H groups in total. The highest BCUT2D eigenvalue weighted by Crippen LogP contribution is 2.28. The summed E-state index contributed by atoms with van der Waals surface area (Å²) >= 11 is 0. The number of nitrogens with zero attached hydrogens (tertiary/aromatic N) is 5. The summed E-state index contributed by atoms with van der Waals surface area (Å²) in [6.07, 6.45) is 6.64. The molecule has 2 aromatic heterocycles. The smallest absolute Gasteiger partial charge is 0.256 e. The van der Waals surface area contributed by atoms with Crippen molar-refractivity contribution in [2.75, 3.05) is 7.11 Å². The first-order valence-electron chi connectivity index (χ1n) is 9.38. The third-order valence-corrected chi connectivity index (χ3v) is 5.06. The van der Waals surface area contributed by atoms with E-state index in [0.717, 1.165) is 31.2 Å². The van der Waals surface area contributed by atoms with Crippen LogP contribution in [0, 0.1) is 0 Å². The van der Waals surface area contributed by atoms with Gasteiger partial charge in [0, 0.05) is 24.0 Å². The molecule has 1 amide bonds. The largest absolute Gasteiger partial charge is 0.496 e. The van der Waals surface area contributed by atoms with E-state index in [1.165, 1.54) is 6.20 Å². The maximum Gasteiger partial charge on any atom is 0.256 e. The molecule has 144 valence electrons. The van der Waals surface area contributed by atoms with Gasteiger partial charge in [0.2, 0.25) is 5.82 Å². The van der Waals surface area contributed by atoms with Gasteiger partial charge < -0.3 is 10.1 Å². The average molecular weight is 378 g/mol. The van der Waals surface area contributed by atoms with Crippen LogP contribution in [-0.4, -0.2) is 44.3 Å². The Morgan fingerprint density at radius 3 is 2.68 bits per heavy atom. The quantitative estimate of drug-likeness (QED) is 0.733. The standard InChI is InChI=1S/C20H22N6O2/c1-28-18-11-12-21-13-17(18)20(27)22-15-7-9-16(10-8-15)26-24-19(23-25-26)14-5-3-2-4-6-14/h2-6,11-13,15-16H,7-10H2,1H3,(H,22,27). The highest BCUT2D eigenvalue weighted by atomic mass is 16.5. The Kier molecular flexibility index (Phi) is 5.27. The fourth-order valence-corrected chi connectivity index (χ4v) is 3.53. The maximum absolute atomic E-state index is 12.5. The summed E-state index contributed by atoms with van der Waals surface area (Å²) in [5.41, 5.74) is 1.41. The van der Waals surface area contributed by atoms with Crippen molar-refractivity contribution >= 4 is 5.91 Å². The fraction of sp³-hybridized carbons (Fsp3) is 0.350. The van der Waals surface area contributed by atoms with Crippen molar-refractivity contribution in [2.24, 2.45) is 0 Å². The second-order valence-corrected chi connectivity index (χ2v) is 6.85. The Bertz CT molecular complexity index is 935. The Hall–Kier alpha value is -3.29. The van der Waals surface area contributed by atoms with Crippen molar-refractivity contribution in [3.63, 3.8) is 0 Å². The molecule has 0 aliphatic heterocycles. The highest BCUT2D eigenvalue weighted by Gasteiger charge is 2.26. The number of hydrogen-bond donors (Lipinski definition) is 1. The van der Waals surface area contributed by atoms with Gasteiger partial charge in [-0.3, -0.25) is 9.78 Å². The molecule has 0 atom stereocenters. The number of benzene rings is 1. The molecule has 28 heavy (non-hydrogen) atoms. The van der Waals surface area contributed by atoms with Crippen LogP contribution in [-0.2, 0) is 0 Å². The number of hydrogen-bond acceptors (Lipinski definition) is 6. The van der Waals surface area contributed by atoms with E-state index < -0.39 is 0 Å². The summed E-state index contributed by atoms with van der Waals surface area (Å²) in [7, 11) is 1.55. The lowest BCUT2D eigenvalue weighted by molar-refractivity contribution is 0.0917. The summed E-state index contributed by atoms with van der Waals surface area (Å²) in [5.74, 6) is 1.01. The number of carbonyl (C=O) groups excluding carboxylic acids is 1. The minimum atomic E-state index is -0.154. The molecule has 2 heterocycles. The van der Waals surface area contributed by atoms with Crippen LogP contribution in [0.25, 0.3) is 11.4 Å². The zero-order valence-electron chi connectivity index (χ0n) is 15.7. The molecule has 0 bridgehead atoms. The zero-order valence-corrected chi connectivity index (χ0v) is 15.7. The molecule has 0 saturated heterocycles. The van der Waals surface area contributed by atoms with Crippen LogP contribution in [0.2, 0.25) is 0 Å². The first-order chi connectivity index (χ1) is 13.7. The number of rotatable bonds is 5. The van der Waals surface area contributed by atoms with Gasteiger partial charge in [-0.25, -0.2) is 0 Å². The van der Waals surface area contributed by atoms with Crippen molar-refractivity contribution in [1.29, 1.82) is 0 Å². The summed E-state index contributed by atoms with van der Waals surface area (Å²) in [6, 6.07) is 11.8. The molecule has 1 saturated carbocycles. The Balaban J connectivity index is 1.35. The summed E-state index contributed by atoms with van der Waals surface area (Å²) < 4.78 is 5.24. The van der Waals surface area contributed by atoms with E-state index in [1.807, 2.05) is 30.3 Å². The summed E-state index contributed by atoms with van der Waals surface area (Å²) in [5, 5.41) is 16.0. The first-order valence-corrected chi connectivity index (χ1v) is 9.38. The third kappa shape index (κ3) is 3.85. The van der Waals surface area contributed by atoms with Gasteiger partial charge >= 0.3 is 0 Å². The van der Waals surface area contributed by atoms with E-state index in [4.69, 9.17) is 4.74 Å². The van der Waals surface area contributed by atoms with Crippen LogP contribution in [0.5, 0.6) is 5.75 Å². The monoisotopic (exact) mass is 378 g/mol. The number of carbonyl (C=O) groups is 1. The molecule has 0 spiro atoms. The van der Waals surface area contributed by atoms with Crippen LogP contribution in [0.4, 0.5) is 0 Å². The normalized spacial score (nSPS) is 19.2. The fourth-order valence-electron chi connectivity index (χ4n) is 3.53. The molecular weight excluding hydrogens is 356 g/mol. The van der Waals surface area contributed by atoms with Crippen molar-refractivity contribution in [3.8, 4) is 17.1 Å². The van der Waals surface area contributed by atoms with E-state index in [-0.39, 0.29) is 18.0 Å². The second-order valence-electron chi connectivity index (χ2n) is 6.85. The number of aromatic nitrogens is 5. The minimum absolute atomic E-state index is 0.116. The predicted octanol–water partition coefficient (Wildman–Crippen LogP) is 2.66. The van der Waals surface area contributed by atoms with Crippen LogP contribution in [0.15, 0.2) is 48.8 Å². The second kappa shape index (κ2) is 8.16. The summed E-state index contributed by atoms with van der Waals surface area (Å²) in [4.78, 5) is 18.3. The van der Waals surface area contributed by atoms with Gasteiger partial charge in [-0.1, -0.05) is 30.3 Å². The van der Waals surface area contributed by atoms with Gasteiger partial charge in [-0.15, -0.1) is 10.2 Å². The number of amides is 1. The van der Waals surface area contributed by atoms with Crippen LogP contribution >= 0.6 is 0 Å². The average Bonchev–Trinajstić information content (AvgIpc) is 3.25. The molecular formula is C20H22N6O2. The van der Waals surface area contributed by atoms with Gasteiger partial charge in [0.25, 0.3) is 5.91 Å². The Morgan fingerprint density at radius 1 is 1.14 bits per heavy atom. The van der Waals surface area contributed by atoms with E-state index in [2.05, 4.69) is 25.7 Å². The first kappa shape index (κ1) is 18.1. The van der Waals surface area contributed by atoms with Crippen LogP contribution < -0.4 is 10.1 Å². The van der Waals surface area contributed by atoms with Gasteiger partial charge in [-0.05, 0) is 37.0 Å². The van der Waals surface area contributed by atoms with Gasteiger partial charge in [0.1, 0.15) is 5.75 Å². The van der Waals surface area contributed by atoms with Crippen molar-refractivity contribution < 1.29 is 9.53 Å². The molecule has 0 radical (unpaired) electrons. The lowest BCUT2D eigenvalue weighted by Crippen LogP contribution is -2.38. The lowest BCUT2D eigenvalue weighted by Gasteiger charge is -2.28. The predicted molar refractivity (Wildman–Crippen MR) is 103 cm³/mol. The molecule has 8 heteroatoms. The maximum atomic E-state index is 12.5.